The maximum atomic E-state index is 12.7. The van der Waals surface area contributed by atoms with Crippen molar-refractivity contribution in [2.75, 3.05) is 5.43 Å². The van der Waals surface area contributed by atoms with Crippen molar-refractivity contribution < 1.29 is 13.2 Å². The van der Waals surface area contributed by atoms with E-state index >= 15 is 0 Å². The molecule has 24 heavy (non-hydrogen) atoms. The highest BCUT2D eigenvalue weighted by molar-refractivity contribution is 7.99. The van der Waals surface area contributed by atoms with Crippen LogP contribution >= 0.6 is 11.8 Å². The summed E-state index contributed by atoms with van der Waals surface area (Å²) < 4.78 is 38.1. The van der Waals surface area contributed by atoms with Gasteiger partial charge in [-0.25, -0.2) is 0 Å². The fourth-order valence-corrected chi connectivity index (χ4v) is 2.54. The topological polar surface area (TPSA) is 72.0 Å². The fraction of sp³-hybridized carbons (Fsp3) is 0.0625. The molecule has 2 aromatic carbocycles. The summed E-state index contributed by atoms with van der Waals surface area (Å²) in [4.78, 5) is 1.21. The first-order valence-corrected chi connectivity index (χ1v) is 7.33. The van der Waals surface area contributed by atoms with E-state index in [4.69, 9.17) is 10.5 Å². The molecule has 0 heterocycles. The lowest BCUT2D eigenvalue weighted by Crippen LogP contribution is -2.04. The summed E-state index contributed by atoms with van der Waals surface area (Å²) in [6, 6.07) is 15.0. The van der Waals surface area contributed by atoms with Gasteiger partial charge in [-0.3, -0.25) is 5.43 Å². The minimum absolute atomic E-state index is 0.308. The molecule has 0 saturated heterocycles. The maximum absolute atomic E-state index is 12.7. The number of nitriles is 2. The van der Waals surface area contributed by atoms with Crippen molar-refractivity contribution in [3.05, 3.63) is 54.1 Å². The zero-order valence-corrected chi connectivity index (χ0v) is 12.8. The van der Waals surface area contributed by atoms with Gasteiger partial charge in [0.25, 0.3) is 0 Å². The van der Waals surface area contributed by atoms with Crippen molar-refractivity contribution in [3.8, 4) is 12.1 Å². The Kier molecular flexibility index (Phi) is 5.46. The van der Waals surface area contributed by atoms with Gasteiger partial charge in [-0.2, -0.15) is 28.8 Å². The molecule has 0 amide bonds. The average molecular weight is 346 g/mol. The number of nitrogens with zero attached hydrogens (tertiary/aromatic N) is 3. The lowest BCUT2D eigenvalue weighted by Gasteiger charge is -2.08. The summed E-state index contributed by atoms with van der Waals surface area (Å²) in [5, 5.41) is 20.7. The van der Waals surface area contributed by atoms with Crippen LogP contribution < -0.4 is 5.43 Å². The van der Waals surface area contributed by atoms with Gasteiger partial charge in [0.05, 0.1) is 11.3 Å². The number of hydrogen-bond donors (Lipinski definition) is 1. The molecule has 0 aliphatic rings. The predicted octanol–water partition coefficient (Wildman–Crippen LogP) is 4.67. The third kappa shape index (κ3) is 4.77. The normalized spacial score (nSPS) is 10.4. The van der Waals surface area contributed by atoms with E-state index in [0.717, 1.165) is 17.0 Å². The van der Waals surface area contributed by atoms with Crippen LogP contribution in [0, 0.1) is 22.7 Å². The Balaban J connectivity index is 2.09. The molecule has 0 saturated carbocycles. The second kappa shape index (κ2) is 7.53. The number of rotatable bonds is 4. The zero-order chi connectivity index (χ0) is 17.6. The predicted molar refractivity (Wildman–Crippen MR) is 84.3 cm³/mol. The highest BCUT2D eigenvalue weighted by Crippen LogP contribution is 2.34. The second-order valence-corrected chi connectivity index (χ2v) is 5.59. The molecule has 0 bridgehead atoms. The first-order chi connectivity index (χ1) is 11.4. The van der Waals surface area contributed by atoms with Crippen LogP contribution in [0.1, 0.15) is 5.56 Å². The first-order valence-electron chi connectivity index (χ1n) is 6.51. The van der Waals surface area contributed by atoms with Gasteiger partial charge >= 0.3 is 6.18 Å². The van der Waals surface area contributed by atoms with Crippen LogP contribution in [0.2, 0.25) is 0 Å². The Morgan fingerprint density at radius 2 is 1.67 bits per heavy atom. The van der Waals surface area contributed by atoms with E-state index < -0.39 is 11.7 Å². The van der Waals surface area contributed by atoms with Crippen LogP contribution in [0.15, 0.2) is 63.4 Å². The third-order valence-corrected chi connectivity index (χ3v) is 3.76. The minimum Gasteiger partial charge on any atom is -0.277 e. The van der Waals surface area contributed by atoms with Gasteiger partial charge in [0, 0.05) is 9.79 Å². The molecule has 0 radical (unpaired) electrons. The van der Waals surface area contributed by atoms with Crippen LogP contribution in [0.3, 0.4) is 0 Å². The number of hydrazone groups is 1. The van der Waals surface area contributed by atoms with E-state index in [1.807, 2.05) is 0 Å². The monoisotopic (exact) mass is 346 g/mol. The molecule has 0 atom stereocenters. The number of anilines is 1. The highest BCUT2D eigenvalue weighted by Gasteiger charge is 2.30. The van der Waals surface area contributed by atoms with Gasteiger partial charge in [0.2, 0.25) is 5.71 Å². The van der Waals surface area contributed by atoms with E-state index in [1.165, 1.54) is 17.8 Å². The lowest BCUT2D eigenvalue weighted by molar-refractivity contribution is -0.137. The van der Waals surface area contributed by atoms with Crippen LogP contribution in [-0.2, 0) is 6.18 Å². The summed E-state index contributed by atoms with van der Waals surface area (Å²) in [5.74, 6) is 0. The summed E-state index contributed by atoms with van der Waals surface area (Å²) >= 11 is 1.19. The quantitative estimate of drug-likeness (QED) is 0.645. The number of halogens is 3. The summed E-state index contributed by atoms with van der Waals surface area (Å²) in [6.07, 6.45) is -4.37. The molecule has 8 heteroatoms. The molecule has 0 aromatic heterocycles. The van der Waals surface area contributed by atoms with Crippen molar-refractivity contribution in [1.29, 1.82) is 10.5 Å². The van der Waals surface area contributed by atoms with Crippen LogP contribution in [-0.4, -0.2) is 5.71 Å². The average Bonchev–Trinajstić information content (AvgIpc) is 2.57. The summed E-state index contributed by atoms with van der Waals surface area (Å²) in [5.41, 5.74) is 2.10. The zero-order valence-electron chi connectivity index (χ0n) is 12.0. The number of alkyl halides is 3. The molecular weight excluding hydrogens is 337 g/mol. The van der Waals surface area contributed by atoms with E-state index in [9.17, 15) is 13.2 Å². The SMILES string of the molecule is N#CC(C#N)=NNc1ccc(Sc2cccc(C(F)(F)F)c2)cc1. The molecule has 4 nitrogen and oxygen atoms in total. The Labute approximate surface area is 140 Å². The highest BCUT2D eigenvalue weighted by atomic mass is 32.2. The number of benzene rings is 2. The van der Waals surface area contributed by atoms with Crippen molar-refractivity contribution in [1.82, 2.24) is 0 Å². The molecule has 120 valence electrons. The van der Waals surface area contributed by atoms with Crippen molar-refractivity contribution in [3.63, 3.8) is 0 Å². The Morgan fingerprint density at radius 3 is 2.25 bits per heavy atom. The molecule has 0 spiro atoms. The van der Waals surface area contributed by atoms with Crippen molar-refractivity contribution >= 4 is 23.2 Å². The van der Waals surface area contributed by atoms with E-state index in [1.54, 1.807) is 42.5 Å². The summed E-state index contributed by atoms with van der Waals surface area (Å²) in [6.45, 7) is 0. The van der Waals surface area contributed by atoms with Crippen LogP contribution in [0.25, 0.3) is 0 Å². The molecule has 1 N–H and O–H groups in total. The van der Waals surface area contributed by atoms with Crippen LogP contribution in [0.5, 0.6) is 0 Å². The Morgan fingerprint density at radius 1 is 1.00 bits per heavy atom. The lowest BCUT2D eigenvalue weighted by atomic mass is 10.2. The number of hydrogen-bond acceptors (Lipinski definition) is 5. The minimum atomic E-state index is -4.37. The van der Waals surface area contributed by atoms with Crippen molar-refractivity contribution in [2.45, 2.75) is 16.0 Å². The molecule has 0 aliphatic carbocycles. The van der Waals surface area contributed by atoms with Gasteiger partial charge in [-0.1, -0.05) is 17.8 Å². The Hall–Kier alpha value is -2.97. The smallest absolute Gasteiger partial charge is 0.277 e. The molecule has 0 aliphatic heterocycles. The molecule has 2 aromatic rings. The van der Waals surface area contributed by atoms with Gasteiger partial charge in [-0.15, -0.1) is 0 Å². The molecule has 2 rings (SSSR count). The molecule has 0 unspecified atom stereocenters. The van der Waals surface area contributed by atoms with Gasteiger partial charge in [0.1, 0.15) is 12.1 Å². The Bertz CT molecular complexity index is 814. The van der Waals surface area contributed by atoms with Crippen LogP contribution in [0.4, 0.5) is 18.9 Å². The largest absolute Gasteiger partial charge is 0.416 e. The molecule has 0 fully saturated rings. The van der Waals surface area contributed by atoms with Gasteiger partial charge < -0.3 is 0 Å². The third-order valence-electron chi connectivity index (χ3n) is 2.76. The van der Waals surface area contributed by atoms with Gasteiger partial charge in [0.15, 0.2) is 0 Å². The van der Waals surface area contributed by atoms with Crippen molar-refractivity contribution in [2.24, 2.45) is 5.10 Å². The summed E-state index contributed by atoms with van der Waals surface area (Å²) in [7, 11) is 0. The van der Waals surface area contributed by atoms with Gasteiger partial charge in [-0.05, 0) is 42.5 Å². The van der Waals surface area contributed by atoms with E-state index in [2.05, 4.69) is 10.5 Å². The first kappa shape index (κ1) is 17.4. The fourth-order valence-electron chi connectivity index (χ4n) is 1.66. The second-order valence-electron chi connectivity index (χ2n) is 4.45. The standard InChI is InChI=1S/C16H9F3N4S/c17-16(18,19)11-2-1-3-15(8-11)24-14-6-4-12(5-7-14)22-23-13(9-20)10-21/h1-8,22H. The molecular formula is C16H9F3N4S. The van der Waals surface area contributed by atoms with E-state index in [-0.39, 0.29) is 5.71 Å². The number of nitrogens with one attached hydrogen (secondary N) is 1. The van der Waals surface area contributed by atoms with E-state index in [0.29, 0.717) is 10.6 Å². The maximum Gasteiger partial charge on any atom is 0.416 e.